The van der Waals surface area contributed by atoms with E-state index >= 15 is 0 Å². The molecule has 0 spiro atoms. The predicted molar refractivity (Wildman–Crippen MR) is 96.2 cm³/mol. The summed E-state index contributed by atoms with van der Waals surface area (Å²) in [6, 6.07) is 11.0. The number of benzene rings is 1. The molecular weight excluding hydrogens is 254 g/mol. The first-order valence-electron chi connectivity index (χ1n) is 9.18. The maximum absolute atomic E-state index is 2.60. The highest BCUT2D eigenvalue weighted by atomic mass is 15.1. The number of nitrogens with zero attached hydrogens (tertiary/aromatic N) is 1. The van der Waals surface area contributed by atoms with Crippen LogP contribution in [-0.4, -0.2) is 13.1 Å². The fourth-order valence-corrected chi connectivity index (χ4v) is 2.82. The molecule has 0 radical (unpaired) electrons. The lowest BCUT2D eigenvalue weighted by Gasteiger charge is -2.25. The van der Waals surface area contributed by atoms with Crippen molar-refractivity contribution in [3.8, 4) is 0 Å². The van der Waals surface area contributed by atoms with Crippen molar-refractivity contribution in [1.82, 2.24) is 0 Å². The second-order valence-electron chi connectivity index (χ2n) is 6.15. The van der Waals surface area contributed by atoms with E-state index in [9.17, 15) is 0 Å². The van der Waals surface area contributed by atoms with Gasteiger partial charge in [0.25, 0.3) is 0 Å². The topological polar surface area (TPSA) is 3.24 Å². The van der Waals surface area contributed by atoms with E-state index in [4.69, 9.17) is 0 Å². The van der Waals surface area contributed by atoms with Crippen LogP contribution in [0.25, 0.3) is 0 Å². The average Bonchev–Trinajstić information content (AvgIpc) is 2.53. The van der Waals surface area contributed by atoms with E-state index in [0.29, 0.717) is 0 Å². The molecule has 0 amide bonds. The van der Waals surface area contributed by atoms with Crippen molar-refractivity contribution < 1.29 is 0 Å². The molecule has 0 N–H and O–H groups in total. The second-order valence-corrected chi connectivity index (χ2v) is 6.15. The van der Waals surface area contributed by atoms with Crippen LogP contribution in [-0.2, 0) is 0 Å². The standard InChI is InChI=1S/C20H35N/c1-3-5-7-9-14-18-21(19-15-10-8-6-4-2)20-16-12-11-13-17-20/h11-13,16-17H,3-10,14-15,18-19H2,1-2H3. The third-order valence-electron chi connectivity index (χ3n) is 4.18. The van der Waals surface area contributed by atoms with Gasteiger partial charge in [-0.25, -0.2) is 0 Å². The Balaban J connectivity index is 2.32. The Morgan fingerprint density at radius 1 is 0.619 bits per heavy atom. The number of hydrogen-bond donors (Lipinski definition) is 0. The Kier molecular flexibility index (Phi) is 11.0. The zero-order valence-electron chi connectivity index (χ0n) is 14.3. The van der Waals surface area contributed by atoms with Gasteiger partial charge in [-0.15, -0.1) is 0 Å². The van der Waals surface area contributed by atoms with Crippen LogP contribution in [0.2, 0.25) is 0 Å². The highest BCUT2D eigenvalue weighted by molar-refractivity contribution is 5.45. The predicted octanol–water partition coefficient (Wildman–Crippen LogP) is 6.43. The van der Waals surface area contributed by atoms with Crippen LogP contribution in [0.3, 0.4) is 0 Å². The molecule has 0 saturated carbocycles. The van der Waals surface area contributed by atoms with Gasteiger partial charge in [-0.2, -0.15) is 0 Å². The molecule has 1 aromatic carbocycles. The second kappa shape index (κ2) is 12.7. The van der Waals surface area contributed by atoms with Gasteiger partial charge in [0.05, 0.1) is 0 Å². The van der Waals surface area contributed by atoms with Crippen LogP contribution in [0.15, 0.2) is 30.3 Å². The van der Waals surface area contributed by atoms with E-state index in [2.05, 4.69) is 49.1 Å². The average molecular weight is 290 g/mol. The molecule has 0 aromatic heterocycles. The van der Waals surface area contributed by atoms with Gasteiger partial charge in [-0.1, -0.05) is 83.4 Å². The molecule has 1 nitrogen and oxygen atoms in total. The lowest BCUT2D eigenvalue weighted by Crippen LogP contribution is -2.25. The molecule has 0 saturated heterocycles. The number of para-hydroxylation sites is 1. The van der Waals surface area contributed by atoms with E-state index < -0.39 is 0 Å². The van der Waals surface area contributed by atoms with Gasteiger partial charge < -0.3 is 4.90 Å². The number of anilines is 1. The molecule has 0 fully saturated rings. The van der Waals surface area contributed by atoms with E-state index in [-0.39, 0.29) is 0 Å². The van der Waals surface area contributed by atoms with Gasteiger partial charge in [0, 0.05) is 18.8 Å². The third-order valence-corrected chi connectivity index (χ3v) is 4.18. The van der Waals surface area contributed by atoms with Gasteiger partial charge in [0.2, 0.25) is 0 Å². The molecule has 0 aliphatic heterocycles. The summed E-state index contributed by atoms with van der Waals surface area (Å²) in [6.07, 6.45) is 13.7. The molecule has 0 atom stereocenters. The Labute approximate surface area is 132 Å². The summed E-state index contributed by atoms with van der Waals surface area (Å²) < 4.78 is 0. The van der Waals surface area contributed by atoms with Crippen molar-refractivity contribution in [3.05, 3.63) is 30.3 Å². The Hall–Kier alpha value is -0.980. The number of unbranched alkanes of at least 4 members (excludes halogenated alkanes) is 8. The Bertz CT molecular complexity index is 306. The molecule has 1 aromatic rings. The van der Waals surface area contributed by atoms with E-state index in [0.717, 1.165) is 0 Å². The van der Waals surface area contributed by atoms with E-state index in [1.165, 1.54) is 83.0 Å². The molecular formula is C20H35N. The molecule has 0 bridgehead atoms. The minimum absolute atomic E-state index is 1.22. The summed E-state index contributed by atoms with van der Waals surface area (Å²) in [6.45, 7) is 7.02. The summed E-state index contributed by atoms with van der Waals surface area (Å²) in [7, 11) is 0. The van der Waals surface area contributed by atoms with Crippen LogP contribution >= 0.6 is 0 Å². The van der Waals surface area contributed by atoms with Crippen LogP contribution in [0.1, 0.15) is 78.1 Å². The number of rotatable bonds is 13. The zero-order chi connectivity index (χ0) is 15.2. The Morgan fingerprint density at radius 3 is 1.57 bits per heavy atom. The Morgan fingerprint density at radius 2 is 1.10 bits per heavy atom. The van der Waals surface area contributed by atoms with Gasteiger partial charge in [-0.05, 0) is 25.0 Å². The smallest absolute Gasteiger partial charge is 0.0366 e. The van der Waals surface area contributed by atoms with Gasteiger partial charge in [0.15, 0.2) is 0 Å². The number of hydrogen-bond acceptors (Lipinski definition) is 1. The zero-order valence-corrected chi connectivity index (χ0v) is 14.3. The van der Waals surface area contributed by atoms with Crippen molar-refractivity contribution in [2.75, 3.05) is 18.0 Å². The molecule has 21 heavy (non-hydrogen) atoms. The lowest BCUT2D eigenvalue weighted by molar-refractivity contribution is 0.589. The normalized spacial score (nSPS) is 10.8. The summed E-state index contributed by atoms with van der Waals surface area (Å²) in [5, 5.41) is 0. The van der Waals surface area contributed by atoms with Crippen LogP contribution in [0.5, 0.6) is 0 Å². The van der Waals surface area contributed by atoms with Crippen molar-refractivity contribution in [1.29, 1.82) is 0 Å². The third kappa shape index (κ3) is 8.80. The highest BCUT2D eigenvalue weighted by Gasteiger charge is 2.05. The quantitative estimate of drug-likeness (QED) is 0.378. The van der Waals surface area contributed by atoms with Gasteiger partial charge in [0.1, 0.15) is 0 Å². The molecule has 0 aliphatic carbocycles. The van der Waals surface area contributed by atoms with Gasteiger partial charge >= 0.3 is 0 Å². The van der Waals surface area contributed by atoms with Crippen molar-refractivity contribution in [3.63, 3.8) is 0 Å². The minimum atomic E-state index is 1.22. The largest absolute Gasteiger partial charge is 0.372 e. The fourth-order valence-electron chi connectivity index (χ4n) is 2.82. The van der Waals surface area contributed by atoms with Crippen LogP contribution in [0, 0.1) is 0 Å². The molecule has 0 unspecified atom stereocenters. The monoisotopic (exact) mass is 289 g/mol. The van der Waals surface area contributed by atoms with Crippen molar-refractivity contribution >= 4 is 5.69 Å². The van der Waals surface area contributed by atoms with Crippen molar-refractivity contribution in [2.24, 2.45) is 0 Å². The SMILES string of the molecule is CCCCCCCN(CCCCCCC)c1ccccc1. The van der Waals surface area contributed by atoms with Gasteiger partial charge in [-0.3, -0.25) is 0 Å². The van der Waals surface area contributed by atoms with E-state index in [1.54, 1.807) is 0 Å². The maximum Gasteiger partial charge on any atom is 0.0366 e. The summed E-state index contributed by atoms with van der Waals surface area (Å²) in [5.74, 6) is 0. The molecule has 1 heteroatoms. The summed E-state index contributed by atoms with van der Waals surface area (Å²) >= 11 is 0. The summed E-state index contributed by atoms with van der Waals surface area (Å²) in [5.41, 5.74) is 1.41. The molecule has 0 heterocycles. The van der Waals surface area contributed by atoms with E-state index in [1.807, 2.05) is 0 Å². The van der Waals surface area contributed by atoms with Crippen LogP contribution < -0.4 is 4.90 Å². The highest BCUT2D eigenvalue weighted by Crippen LogP contribution is 2.16. The lowest BCUT2D eigenvalue weighted by atomic mass is 10.1. The first kappa shape index (κ1) is 18.1. The molecule has 120 valence electrons. The molecule has 1 rings (SSSR count). The minimum Gasteiger partial charge on any atom is -0.372 e. The first-order chi connectivity index (χ1) is 10.4. The van der Waals surface area contributed by atoms with Crippen molar-refractivity contribution in [2.45, 2.75) is 78.1 Å². The first-order valence-corrected chi connectivity index (χ1v) is 9.18. The fraction of sp³-hybridized carbons (Fsp3) is 0.700. The summed E-state index contributed by atoms with van der Waals surface area (Å²) in [4.78, 5) is 2.60. The molecule has 0 aliphatic rings. The maximum atomic E-state index is 2.60. The van der Waals surface area contributed by atoms with Crippen LogP contribution in [0.4, 0.5) is 5.69 Å².